The van der Waals surface area contributed by atoms with Gasteiger partial charge < -0.3 is 23.8 Å². The van der Waals surface area contributed by atoms with Gasteiger partial charge in [-0.1, -0.05) is 35.5 Å². The molecular formula is C22H22F3NO6. The fourth-order valence-corrected chi connectivity index (χ4v) is 3.36. The molecule has 0 unspecified atom stereocenters. The lowest BCUT2D eigenvalue weighted by Crippen LogP contribution is -2.52. The molecule has 1 aliphatic rings. The average Bonchev–Trinajstić information content (AvgIpc) is 3.27. The fourth-order valence-electron chi connectivity index (χ4n) is 3.36. The van der Waals surface area contributed by atoms with Crippen molar-refractivity contribution >= 4 is 11.7 Å². The van der Waals surface area contributed by atoms with Crippen LogP contribution in [0.15, 0.2) is 53.7 Å². The van der Waals surface area contributed by atoms with Crippen LogP contribution in [0.1, 0.15) is 17.5 Å². The quantitative estimate of drug-likeness (QED) is 0.566. The minimum absolute atomic E-state index is 0.222. The van der Waals surface area contributed by atoms with Gasteiger partial charge in [0.1, 0.15) is 6.61 Å². The van der Waals surface area contributed by atoms with Crippen molar-refractivity contribution in [2.24, 2.45) is 5.16 Å². The number of esters is 1. The molecule has 0 aliphatic carbocycles. The van der Waals surface area contributed by atoms with Crippen LogP contribution in [0, 0.1) is 0 Å². The Balaban J connectivity index is 1.70. The first kappa shape index (κ1) is 23.4. The van der Waals surface area contributed by atoms with Gasteiger partial charge in [-0.05, 0) is 18.2 Å². The van der Waals surface area contributed by atoms with E-state index in [1.807, 2.05) is 0 Å². The predicted octanol–water partition coefficient (Wildman–Crippen LogP) is 3.84. The van der Waals surface area contributed by atoms with Crippen LogP contribution in [0.25, 0.3) is 0 Å². The number of ether oxygens (including phenoxy) is 4. The third-order valence-electron chi connectivity index (χ3n) is 5.02. The Morgan fingerprint density at radius 2 is 1.75 bits per heavy atom. The number of nitrogens with zero attached hydrogens (tertiary/aromatic N) is 1. The van der Waals surface area contributed by atoms with Crippen molar-refractivity contribution in [3.8, 4) is 11.5 Å². The van der Waals surface area contributed by atoms with Crippen LogP contribution in [0.3, 0.4) is 0 Å². The Morgan fingerprint density at radius 3 is 2.34 bits per heavy atom. The number of carbonyl (C=O) groups is 1. The zero-order chi connectivity index (χ0) is 23.4. The Hall–Kier alpha value is -3.27. The molecule has 172 valence electrons. The van der Waals surface area contributed by atoms with E-state index in [0.717, 1.165) is 19.2 Å². The zero-order valence-corrected chi connectivity index (χ0v) is 17.6. The van der Waals surface area contributed by atoms with E-state index in [1.54, 1.807) is 18.2 Å². The Morgan fingerprint density at radius 1 is 1.06 bits per heavy atom. The molecule has 0 saturated heterocycles. The van der Waals surface area contributed by atoms with Crippen LogP contribution in [0.4, 0.5) is 13.2 Å². The number of hydrogen-bond donors (Lipinski definition) is 0. The summed E-state index contributed by atoms with van der Waals surface area (Å²) < 4.78 is 61.9. The number of benzene rings is 2. The second-order valence-electron chi connectivity index (χ2n) is 6.89. The van der Waals surface area contributed by atoms with Crippen LogP contribution < -0.4 is 9.47 Å². The molecule has 7 nitrogen and oxygen atoms in total. The van der Waals surface area contributed by atoms with Crippen molar-refractivity contribution < 1.29 is 41.8 Å². The highest BCUT2D eigenvalue weighted by molar-refractivity contribution is 6.01. The molecule has 0 saturated carbocycles. The standard InChI is InChI=1S/C22H22F3NO6/c1-28-18-10-9-14(11-19(18)29-2)17-12-16(32-26-17)13-31-20(27)21(30-3,22(23,24)25)15-7-5-4-6-8-15/h4-11,16H,12-13H2,1-3H3/t16-,21+/m0/s1. The number of rotatable bonds is 8. The van der Waals surface area contributed by atoms with Crippen molar-refractivity contribution in [2.45, 2.75) is 24.3 Å². The van der Waals surface area contributed by atoms with E-state index in [1.165, 1.54) is 32.4 Å². The molecular weight excluding hydrogens is 431 g/mol. The summed E-state index contributed by atoms with van der Waals surface area (Å²) in [7, 11) is 3.81. The molecule has 3 rings (SSSR count). The van der Waals surface area contributed by atoms with Gasteiger partial charge >= 0.3 is 12.1 Å². The monoisotopic (exact) mass is 453 g/mol. The van der Waals surface area contributed by atoms with Gasteiger partial charge in [0.15, 0.2) is 17.6 Å². The first-order valence-corrected chi connectivity index (χ1v) is 9.56. The lowest BCUT2D eigenvalue weighted by Gasteiger charge is -2.32. The molecule has 1 aliphatic heterocycles. The summed E-state index contributed by atoms with van der Waals surface area (Å²) in [5.74, 6) is -0.562. The van der Waals surface area contributed by atoms with Gasteiger partial charge in [-0.3, -0.25) is 0 Å². The lowest BCUT2D eigenvalue weighted by molar-refractivity contribution is -0.277. The van der Waals surface area contributed by atoms with E-state index in [4.69, 9.17) is 23.8 Å². The summed E-state index contributed by atoms with van der Waals surface area (Å²) in [6.45, 7) is -0.437. The highest BCUT2D eigenvalue weighted by atomic mass is 19.4. The van der Waals surface area contributed by atoms with E-state index in [-0.39, 0.29) is 12.0 Å². The van der Waals surface area contributed by atoms with Gasteiger partial charge in [0.25, 0.3) is 5.60 Å². The van der Waals surface area contributed by atoms with Gasteiger partial charge in [0.05, 0.1) is 19.9 Å². The number of oxime groups is 1. The lowest BCUT2D eigenvalue weighted by atomic mass is 9.92. The predicted molar refractivity (Wildman–Crippen MR) is 108 cm³/mol. The van der Waals surface area contributed by atoms with Crippen molar-refractivity contribution in [1.29, 1.82) is 0 Å². The number of carbonyl (C=O) groups excluding carboxylic acids is 1. The van der Waals surface area contributed by atoms with E-state index >= 15 is 0 Å². The summed E-state index contributed by atoms with van der Waals surface area (Å²) in [5.41, 5.74) is -2.42. The van der Waals surface area contributed by atoms with Crippen molar-refractivity contribution in [2.75, 3.05) is 27.9 Å². The SMILES string of the molecule is COc1ccc(C2=NO[C@H](COC(=O)[C@](OC)(c3ccccc3)C(F)(F)F)C2)cc1OC. The van der Waals surface area contributed by atoms with Crippen molar-refractivity contribution in [3.63, 3.8) is 0 Å². The Kier molecular flexibility index (Phi) is 6.93. The first-order chi connectivity index (χ1) is 15.3. The maximum absolute atomic E-state index is 13.9. The molecule has 32 heavy (non-hydrogen) atoms. The van der Waals surface area contributed by atoms with Gasteiger partial charge in [0, 0.05) is 24.7 Å². The molecule has 0 amide bonds. The second-order valence-corrected chi connectivity index (χ2v) is 6.89. The molecule has 0 fully saturated rings. The Labute approximate surface area is 182 Å². The number of alkyl halides is 3. The van der Waals surface area contributed by atoms with Gasteiger partial charge in [-0.25, -0.2) is 4.79 Å². The minimum atomic E-state index is -5.04. The summed E-state index contributed by atoms with van der Waals surface area (Å²) >= 11 is 0. The first-order valence-electron chi connectivity index (χ1n) is 9.56. The zero-order valence-electron chi connectivity index (χ0n) is 17.6. The number of halogens is 3. The van der Waals surface area contributed by atoms with E-state index in [0.29, 0.717) is 22.8 Å². The molecule has 0 aromatic heterocycles. The highest BCUT2D eigenvalue weighted by Gasteiger charge is 2.64. The van der Waals surface area contributed by atoms with Crippen LogP contribution in [-0.4, -0.2) is 51.9 Å². The van der Waals surface area contributed by atoms with Gasteiger partial charge in [-0.2, -0.15) is 13.2 Å². The maximum atomic E-state index is 13.9. The average molecular weight is 453 g/mol. The van der Waals surface area contributed by atoms with Gasteiger partial charge in [-0.15, -0.1) is 0 Å². The summed E-state index contributed by atoms with van der Waals surface area (Å²) in [5, 5.41) is 3.96. The smallest absolute Gasteiger partial charge is 0.432 e. The van der Waals surface area contributed by atoms with Gasteiger partial charge in [0.2, 0.25) is 0 Å². The third kappa shape index (κ3) is 4.36. The molecule has 0 radical (unpaired) electrons. The second kappa shape index (κ2) is 9.47. The Bertz CT molecular complexity index is 979. The van der Waals surface area contributed by atoms with Crippen LogP contribution in [-0.2, 0) is 24.7 Å². The molecule has 2 aromatic rings. The molecule has 0 spiro atoms. The number of methoxy groups -OCH3 is 3. The summed E-state index contributed by atoms with van der Waals surface area (Å²) in [6, 6.07) is 11.7. The van der Waals surface area contributed by atoms with Crippen LogP contribution in [0.2, 0.25) is 0 Å². The van der Waals surface area contributed by atoms with Crippen molar-refractivity contribution in [3.05, 3.63) is 59.7 Å². The molecule has 2 aromatic carbocycles. The fraction of sp³-hybridized carbons (Fsp3) is 0.364. The normalized spacial score (nSPS) is 17.7. The highest BCUT2D eigenvalue weighted by Crippen LogP contribution is 2.43. The summed E-state index contributed by atoms with van der Waals surface area (Å²) in [4.78, 5) is 17.9. The molecule has 1 heterocycles. The van der Waals surface area contributed by atoms with Crippen LogP contribution >= 0.6 is 0 Å². The van der Waals surface area contributed by atoms with E-state index in [2.05, 4.69) is 5.16 Å². The van der Waals surface area contributed by atoms with E-state index < -0.39 is 30.5 Å². The van der Waals surface area contributed by atoms with Crippen LogP contribution in [0.5, 0.6) is 11.5 Å². The molecule has 0 bridgehead atoms. The molecule has 0 N–H and O–H groups in total. The topological polar surface area (TPSA) is 75.6 Å². The molecule has 2 atom stereocenters. The summed E-state index contributed by atoms with van der Waals surface area (Å²) in [6.07, 6.45) is -5.57. The minimum Gasteiger partial charge on any atom is -0.493 e. The maximum Gasteiger partial charge on any atom is 0.432 e. The largest absolute Gasteiger partial charge is 0.493 e. The van der Waals surface area contributed by atoms with E-state index in [9.17, 15) is 18.0 Å². The number of hydrogen-bond acceptors (Lipinski definition) is 7. The van der Waals surface area contributed by atoms with Crippen molar-refractivity contribution in [1.82, 2.24) is 0 Å². The third-order valence-corrected chi connectivity index (χ3v) is 5.02. The molecule has 10 heteroatoms.